The summed E-state index contributed by atoms with van der Waals surface area (Å²) in [7, 11) is 1.47. The van der Waals surface area contributed by atoms with E-state index in [0.29, 0.717) is 34.9 Å². The molecule has 38 heavy (non-hydrogen) atoms. The molecular weight excluding hydrogens is 503 g/mol. The summed E-state index contributed by atoms with van der Waals surface area (Å²) in [5.41, 5.74) is 8.08. The SMILES string of the molecule is COCc1ccc(OC(F)(F)F)c(CNC(=O)Nc2c(C)c(O[C@H]3CCC(N)C3)nn2-c2ccccc2)c1. The number of halogens is 3. The summed E-state index contributed by atoms with van der Waals surface area (Å²) in [6.07, 6.45) is -2.56. The number of carbonyl (C=O) groups excluding carboxylic acids is 1. The van der Waals surface area contributed by atoms with Crippen molar-refractivity contribution in [2.45, 2.75) is 57.8 Å². The van der Waals surface area contributed by atoms with Crippen LogP contribution in [-0.2, 0) is 17.9 Å². The normalized spacial score (nSPS) is 17.3. The monoisotopic (exact) mass is 533 g/mol. The van der Waals surface area contributed by atoms with Crippen LogP contribution >= 0.6 is 0 Å². The predicted molar refractivity (Wildman–Crippen MR) is 134 cm³/mol. The Morgan fingerprint density at radius 1 is 1.18 bits per heavy atom. The van der Waals surface area contributed by atoms with Crippen molar-refractivity contribution in [1.29, 1.82) is 0 Å². The minimum absolute atomic E-state index is 0.0732. The van der Waals surface area contributed by atoms with E-state index in [1.807, 2.05) is 30.3 Å². The number of nitrogens with two attached hydrogens (primary N) is 1. The molecular formula is C26H30F3N5O4. The molecule has 0 saturated heterocycles. The summed E-state index contributed by atoms with van der Waals surface area (Å²) >= 11 is 0. The Labute approximate surface area is 218 Å². The van der Waals surface area contributed by atoms with Crippen LogP contribution < -0.4 is 25.8 Å². The number of para-hydroxylation sites is 1. The fraction of sp³-hybridized carbons (Fsp3) is 0.385. The molecule has 4 rings (SSSR count). The topological polar surface area (TPSA) is 113 Å². The quantitative estimate of drug-likeness (QED) is 0.364. The number of nitrogens with one attached hydrogen (secondary N) is 2. The lowest BCUT2D eigenvalue weighted by molar-refractivity contribution is -0.274. The highest BCUT2D eigenvalue weighted by Gasteiger charge is 2.32. The van der Waals surface area contributed by atoms with Crippen molar-refractivity contribution in [3.8, 4) is 17.3 Å². The van der Waals surface area contributed by atoms with Crippen molar-refractivity contribution >= 4 is 11.8 Å². The van der Waals surface area contributed by atoms with Crippen molar-refractivity contribution in [1.82, 2.24) is 15.1 Å². The number of urea groups is 1. The molecule has 0 spiro atoms. The Kier molecular flexibility index (Phi) is 8.42. The molecule has 1 aliphatic carbocycles. The first-order chi connectivity index (χ1) is 18.1. The molecule has 1 fully saturated rings. The lowest BCUT2D eigenvalue weighted by Crippen LogP contribution is -2.30. The van der Waals surface area contributed by atoms with Gasteiger partial charge in [0.2, 0.25) is 5.88 Å². The van der Waals surface area contributed by atoms with E-state index >= 15 is 0 Å². The number of hydrogen-bond acceptors (Lipinski definition) is 6. The molecule has 0 aliphatic heterocycles. The summed E-state index contributed by atoms with van der Waals surface area (Å²) in [5.74, 6) is 0.330. The maximum Gasteiger partial charge on any atom is 0.573 e. The van der Waals surface area contributed by atoms with Gasteiger partial charge in [-0.25, -0.2) is 9.48 Å². The van der Waals surface area contributed by atoms with Crippen molar-refractivity contribution < 1.29 is 32.2 Å². The van der Waals surface area contributed by atoms with Crippen molar-refractivity contribution in [3.63, 3.8) is 0 Å². The van der Waals surface area contributed by atoms with Gasteiger partial charge in [0.1, 0.15) is 17.7 Å². The van der Waals surface area contributed by atoms with Crippen molar-refractivity contribution in [3.05, 3.63) is 65.2 Å². The molecule has 12 heteroatoms. The maximum absolute atomic E-state index is 12.9. The molecule has 1 saturated carbocycles. The van der Waals surface area contributed by atoms with Crippen LogP contribution in [0.2, 0.25) is 0 Å². The molecule has 1 aromatic heterocycles. The maximum atomic E-state index is 12.9. The largest absolute Gasteiger partial charge is 0.573 e. The minimum atomic E-state index is -4.88. The second-order valence-electron chi connectivity index (χ2n) is 9.07. The number of alkyl halides is 3. The summed E-state index contributed by atoms with van der Waals surface area (Å²) < 4.78 is 55.6. The van der Waals surface area contributed by atoms with Gasteiger partial charge < -0.3 is 25.3 Å². The van der Waals surface area contributed by atoms with E-state index in [1.54, 1.807) is 11.6 Å². The van der Waals surface area contributed by atoms with Crippen LogP contribution in [0.15, 0.2) is 48.5 Å². The second-order valence-corrected chi connectivity index (χ2v) is 9.07. The predicted octanol–water partition coefficient (Wildman–Crippen LogP) is 4.81. The average Bonchev–Trinajstić information content (AvgIpc) is 3.42. The van der Waals surface area contributed by atoms with E-state index in [0.717, 1.165) is 12.8 Å². The molecule has 9 nitrogen and oxygen atoms in total. The Bertz CT molecular complexity index is 1250. The molecule has 2 amide bonds. The Balaban J connectivity index is 1.54. The standard InChI is InChI=1S/C26H30F3N5O4/c1-16-23(34(20-6-4-3-5-7-20)33-24(16)37-21-10-9-19(30)13-21)32-25(35)31-14-18-12-17(15-36-2)8-11-22(18)38-26(27,28)29/h3-8,11-12,19,21H,9-10,13-15,30H2,1-2H3,(H2,31,32,35)/t19?,21-/m0/s1. The number of anilines is 1. The molecule has 1 aliphatic rings. The van der Waals surface area contributed by atoms with Gasteiger partial charge in [-0.05, 0) is 56.0 Å². The fourth-order valence-corrected chi connectivity index (χ4v) is 4.31. The van der Waals surface area contributed by atoms with Crippen molar-refractivity contribution in [2.24, 2.45) is 5.73 Å². The summed E-state index contributed by atoms with van der Waals surface area (Å²) in [4.78, 5) is 12.9. The van der Waals surface area contributed by atoms with Gasteiger partial charge in [0, 0.05) is 25.3 Å². The zero-order chi connectivity index (χ0) is 27.3. The molecule has 4 N–H and O–H groups in total. The molecule has 2 aromatic carbocycles. The van der Waals surface area contributed by atoms with Gasteiger partial charge in [-0.15, -0.1) is 18.3 Å². The average molecular weight is 534 g/mol. The second kappa shape index (κ2) is 11.7. The number of amides is 2. The Morgan fingerprint density at radius 3 is 2.61 bits per heavy atom. The van der Waals surface area contributed by atoms with Gasteiger partial charge in [0.05, 0.1) is 17.9 Å². The van der Waals surface area contributed by atoms with Crippen LogP contribution in [0.25, 0.3) is 5.69 Å². The number of methoxy groups -OCH3 is 1. The van der Waals surface area contributed by atoms with Gasteiger partial charge >= 0.3 is 12.4 Å². The Hall–Kier alpha value is -3.77. The molecule has 1 heterocycles. The van der Waals surface area contributed by atoms with Gasteiger partial charge in [-0.1, -0.05) is 24.3 Å². The number of nitrogens with zero attached hydrogens (tertiary/aromatic N) is 2. The van der Waals surface area contributed by atoms with Gasteiger partial charge in [-0.2, -0.15) is 0 Å². The first kappa shape index (κ1) is 27.3. The third-order valence-corrected chi connectivity index (χ3v) is 6.12. The van der Waals surface area contributed by atoms with Crippen LogP contribution in [-0.4, -0.2) is 41.4 Å². The lowest BCUT2D eigenvalue weighted by atomic mass is 10.1. The zero-order valence-electron chi connectivity index (χ0n) is 21.0. The first-order valence-corrected chi connectivity index (χ1v) is 12.1. The molecule has 0 bridgehead atoms. The molecule has 2 atom stereocenters. The van der Waals surface area contributed by atoms with Crippen LogP contribution in [0.4, 0.5) is 23.8 Å². The van der Waals surface area contributed by atoms with Crippen molar-refractivity contribution in [2.75, 3.05) is 12.4 Å². The highest BCUT2D eigenvalue weighted by molar-refractivity contribution is 5.89. The minimum Gasteiger partial charge on any atom is -0.473 e. The number of aromatic nitrogens is 2. The van der Waals surface area contributed by atoms with E-state index in [9.17, 15) is 18.0 Å². The number of carbonyl (C=O) groups is 1. The number of ether oxygens (including phenoxy) is 3. The molecule has 204 valence electrons. The molecule has 0 radical (unpaired) electrons. The zero-order valence-corrected chi connectivity index (χ0v) is 21.0. The molecule has 3 aromatic rings. The Morgan fingerprint density at radius 2 is 1.95 bits per heavy atom. The van der Waals surface area contributed by atoms with Gasteiger partial charge in [0.15, 0.2) is 0 Å². The smallest absolute Gasteiger partial charge is 0.473 e. The third kappa shape index (κ3) is 6.95. The highest BCUT2D eigenvalue weighted by atomic mass is 19.4. The summed E-state index contributed by atoms with van der Waals surface area (Å²) in [6, 6.07) is 12.8. The van der Waals surface area contributed by atoms with Crippen LogP contribution in [0.5, 0.6) is 11.6 Å². The number of rotatable bonds is 9. The van der Waals surface area contributed by atoms with Gasteiger partial charge in [0.25, 0.3) is 0 Å². The van der Waals surface area contributed by atoms with Crippen LogP contribution in [0.1, 0.15) is 36.0 Å². The van der Waals surface area contributed by atoms with E-state index in [-0.39, 0.29) is 30.9 Å². The van der Waals surface area contributed by atoms with E-state index in [2.05, 4.69) is 20.5 Å². The van der Waals surface area contributed by atoms with Crippen LogP contribution in [0, 0.1) is 6.92 Å². The molecule has 1 unspecified atom stereocenters. The van der Waals surface area contributed by atoms with Gasteiger partial charge in [-0.3, -0.25) is 5.32 Å². The van der Waals surface area contributed by atoms with E-state index in [4.69, 9.17) is 15.2 Å². The van der Waals surface area contributed by atoms with Crippen LogP contribution in [0.3, 0.4) is 0 Å². The summed E-state index contributed by atoms with van der Waals surface area (Å²) in [6.45, 7) is 1.74. The van der Waals surface area contributed by atoms with E-state index in [1.165, 1.54) is 25.3 Å². The summed E-state index contributed by atoms with van der Waals surface area (Å²) in [5, 5.41) is 9.95. The highest BCUT2D eigenvalue weighted by Crippen LogP contribution is 2.32. The third-order valence-electron chi connectivity index (χ3n) is 6.12. The number of hydrogen-bond donors (Lipinski definition) is 3. The fourth-order valence-electron chi connectivity index (χ4n) is 4.31. The lowest BCUT2D eigenvalue weighted by Gasteiger charge is -2.16. The first-order valence-electron chi connectivity index (χ1n) is 12.1. The number of benzene rings is 2. The van der Waals surface area contributed by atoms with E-state index < -0.39 is 18.1 Å².